The van der Waals surface area contributed by atoms with E-state index in [4.69, 9.17) is 14.2 Å². The van der Waals surface area contributed by atoms with E-state index in [2.05, 4.69) is 42.2 Å². The first kappa shape index (κ1) is 26.9. The topological polar surface area (TPSA) is 68.3 Å². The molecule has 1 atom stereocenters. The van der Waals surface area contributed by atoms with Crippen LogP contribution in [0.15, 0.2) is 36.4 Å². The molecule has 2 aliphatic heterocycles. The molecule has 2 fully saturated rings. The molecule has 5 rings (SSSR count). The van der Waals surface area contributed by atoms with Gasteiger partial charge in [0.05, 0.1) is 26.0 Å². The summed E-state index contributed by atoms with van der Waals surface area (Å²) in [6, 6.07) is 13.0. The predicted octanol–water partition coefficient (Wildman–Crippen LogP) is 5.85. The molecule has 0 aromatic heterocycles. The summed E-state index contributed by atoms with van der Waals surface area (Å²) in [4.78, 5) is 27.5. The summed E-state index contributed by atoms with van der Waals surface area (Å²) < 4.78 is 17.3. The Morgan fingerprint density at radius 3 is 2.71 bits per heavy atom. The minimum atomic E-state index is -0.205. The lowest BCUT2D eigenvalue weighted by molar-refractivity contribution is -0.124. The number of benzene rings is 2. The molecule has 0 N–H and O–H groups in total. The van der Waals surface area contributed by atoms with Gasteiger partial charge in [0.1, 0.15) is 12.4 Å². The van der Waals surface area contributed by atoms with Crippen molar-refractivity contribution >= 4 is 22.9 Å². The van der Waals surface area contributed by atoms with Gasteiger partial charge in [-0.15, -0.1) is 0 Å². The van der Waals surface area contributed by atoms with Crippen molar-refractivity contribution in [3.63, 3.8) is 0 Å². The standard InChI is InChI=1S/C30H38N2O5S/c1-21(24-9-11-26-25(17-24)12-14-36-26)31(18-22-6-4-3-5-7-22)19-23-8-10-27(28(16-23)35-2)37-15-13-32-29(33)20-38-30(32)34/h8-11,16-17,21-22H,3-7,12-15,18-20H2,1-2H3. The number of methoxy groups -OCH3 is 1. The largest absolute Gasteiger partial charge is 0.493 e. The minimum absolute atomic E-state index is 0.158. The zero-order chi connectivity index (χ0) is 26.5. The van der Waals surface area contributed by atoms with Gasteiger partial charge >= 0.3 is 0 Å². The molecular weight excluding hydrogens is 500 g/mol. The fourth-order valence-electron chi connectivity index (χ4n) is 5.75. The maximum atomic E-state index is 11.8. The maximum Gasteiger partial charge on any atom is 0.288 e. The molecule has 1 aliphatic carbocycles. The minimum Gasteiger partial charge on any atom is -0.493 e. The Balaban J connectivity index is 1.28. The third-order valence-electron chi connectivity index (χ3n) is 7.99. The number of thioether (sulfide) groups is 1. The SMILES string of the molecule is COc1cc(CN(CC2CCCCC2)C(C)c2ccc3c(c2)CCO3)ccc1OCCN1C(=O)CSC1=O. The number of carbonyl (C=O) groups excluding carboxylic acids is 2. The van der Waals surface area contributed by atoms with E-state index in [9.17, 15) is 9.59 Å². The Kier molecular flexibility index (Phi) is 8.79. The van der Waals surface area contributed by atoms with Crippen molar-refractivity contribution in [3.05, 3.63) is 53.1 Å². The monoisotopic (exact) mass is 538 g/mol. The Labute approximate surface area is 229 Å². The molecule has 2 aromatic rings. The average Bonchev–Trinajstić information content (AvgIpc) is 3.54. The molecule has 2 aromatic carbocycles. The number of nitrogens with zero attached hydrogens (tertiary/aromatic N) is 2. The van der Waals surface area contributed by atoms with Gasteiger partial charge in [0.2, 0.25) is 5.91 Å². The smallest absolute Gasteiger partial charge is 0.288 e. The maximum absolute atomic E-state index is 11.8. The molecule has 0 bridgehead atoms. The molecular formula is C30H38N2O5S. The van der Waals surface area contributed by atoms with Gasteiger partial charge < -0.3 is 14.2 Å². The van der Waals surface area contributed by atoms with Gasteiger partial charge in [-0.2, -0.15) is 0 Å². The number of imide groups is 1. The molecule has 1 unspecified atom stereocenters. The first-order valence-corrected chi connectivity index (χ1v) is 14.8. The van der Waals surface area contributed by atoms with Crippen LogP contribution in [0.3, 0.4) is 0 Å². The lowest BCUT2D eigenvalue weighted by Gasteiger charge is -2.34. The number of hydrogen-bond donors (Lipinski definition) is 0. The van der Waals surface area contributed by atoms with Crippen LogP contribution in [0.5, 0.6) is 17.2 Å². The van der Waals surface area contributed by atoms with E-state index in [0.29, 0.717) is 11.5 Å². The highest BCUT2D eigenvalue weighted by atomic mass is 32.2. The third-order valence-corrected chi connectivity index (χ3v) is 8.85. The summed E-state index contributed by atoms with van der Waals surface area (Å²) in [6.07, 6.45) is 7.60. The van der Waals surface area contributed by atoms with Gasteiger partial charge in [-0.1, -0.05) is 49.2 Å². The van der Waals surface area contributed by atoms with Crippen molar-refractivity contribution in [2.45, 2.75) is 58.0 Å². The molecule has 1 saturated carbocycles. The second-order valence-corrected chi connectivity index (χ2v) is 11.4. The zero-order valence-corrected chi connectivity index (χ0v) is 23.3. The fraction of sp³-hybridized carbons (Fsp3) is 0.533. The number of ether oxygens (including phenoxy) is 3. The fourth-order valence-corrected chi connectivity index (χ4v) is 6.50. The molecule has 2 amide bonds. The Morgan fingerprint density at radius 2 is 1.95 bits per heavy atom. The van der Waals surface area contributed by atoms with Gasteiger partial charge in [-0.3, -0.25) is 19.4 Å². The molecule has 7 nitrogen and oxygen atoms in total. The molecule has 0 spiro atoms. The lowest BCUT2D eigenvalue weighted by Crippen LogP contribution is -2.33. The highest BCUT2D eigenvalue weighted by Gasteiger charge is 2.29. The van der Waals surface area contributed by atoms with E-state index >= 15 is 0 Å². The normalized spacial score (nSPS) is 18.6. The summed E-state index contributed by atoms with van der Waals surface area (Å²) in [7, 11) is 1.64. The van der Waals surface area contributed by atoms with E-state index in [1.54, 1.807) is 7.11 Å². The van der Waals surface area contributed by atoms with Crippen LogP contribution in [0.4, 0.5) is 4.79 Å². The van der Waals surface area contributed by atoms with E-state index in [1.807, 2.05) is 6.07 Å². The van der Waals surface area contributed by atoms with Gasteiger partial charge in [0.25, 0.3) is 5.24 Å². The molecule has 8 heteroatoms. The quantitative estimate of drug-likeness (QED) is 0.356. The lowest BCUT2D eigenvalue weighted by atomic mass is 9.88. The van der Waals surface area contributed by atoms with Crippen LogP contribution in [0.25, 0.3) is 0 Å². The van der Waals surface area contributed by atoms with Crippen LogP contribution >= 0.6 is 11.8 Å². The average molecular weight is 539 g/mol. The second kappa shape index (κ2) is 12.4. The molecule has 2 heterocycles. The van der Waals surface area contributed by atoms with Crippen molar-refractivity contribution < 1.29 is 23.8 Å². The van der Waals surface area contributed by atoms with Crippen molar-refractivity contribution in [1.82, 2.24) is 9.80 Å². The van der Waals surface area contributed by atoms with Crippen LogP contribution in [0, 0.1) is 5.92 Å². The number of hydrogen-bond acceptors (Lipinski definition) is 7. The Hall–Kier alpha value is -2.71. The first-order chi connectivity index (χ1) is 18.5. The molecule has 3 aliphatic rings. The van der Waals surface area contributed by atoms with Crippen LogP contribution in [-0.4, -0.2) is 60.1 Å². The number of rotatable bonds is 11. The van der Waals surface area contributed by atoms with E-state index in [-0.39, 0.29) is 36.1 Å². The molecule has 0 radical (unpaired) electrons. The van der Waals surface area contributed by atoms with Crippen molar-refractivity contribution in [2.75, 3.05) is 39.2 Å². The Bertz CT molecular complexity index is 1130. The van der Waals surface area contributed by atoms with Crippen LogP contribution in [0.2, 0.25) is 0 Å². The summed E-state index contributed by atoms with van der Waals surface area (Å²) in [6.45, 7) is 5.46. The summed E-state index contributed by atoms with van der Waals surface area (Å²) in [5.41, 5.74) is 3.81. The highest BCUT2D eigenvalue weighted by Crippen LogP contribution is 2.35. The van der Waals surface area contributed by atoms with Gasteiger partial charge in [0.15, 0.2) is 11.5 Å². The van der Waals surface area contributed by atoms with Crippen LogP contribution in [0.1, 0.15) is 61.8 Å². The van der Waals surface area contributed by atoms with Crippen molar-refractivity contribution in [3.8, 4) is 17.2 Å². The number of fused-ring (bicyclic) bond motifs is 1. The zero-order valence-electron chi connectivity index (χ0n) is 22.4. The summed E-state index contributed by atoms with van der Waals surface area (Å²) in [5.74, 6) is 3.09. The number of amides is 2. The van der Waals surface area contributed by atoms with E-state index in [0.717, 1.165) is 49.5 Å². The molecule has 1 saturated heterocycles. The summed E-state index contributed by atoms with van der Waals surface area (Å²) >= 11 is 1.04. The first-order valence-electron chi connectivity index (χ1n) is 13.8. The van der Waals surface area contributed by atoms with E-state index < -0.39 is 0 Å². The number of carbonyl (C=O) groups is 2. The van der Waals surface area contributed by atoms with Crippen molar-refractivity contribution in [2.24, 2.45) is 5.92 Å². The second-order valence-electron chi connectivity index (χ2n) is 10.5. The van der Waals surface area contributed by atoms with Crippen LogP contribution in [-0.2, 0) is 17.8 Å². The molecule has 38 heavy (non-hydrogen) atoms. The predicted molar refractivity (Wildman–Crippen MR) is 149 cm³/mol. The Morgan fingerprint density at radius 1 is 1.11 bits per heavy atom. The third kappa shape index (κ3) is 6.29. The molecule has 204 valence electrons. The summed E-state index contributed by atoms with van der Waals surface area (Å²) in [5, 5.41) is -0.205. The van der Waals surface area contributed by atoms with Crippen molar-refractivity contribution in [1.29, 1.82) is 0 Å². The van der Waals surface area contributed by atoms with Gasteiger partial charge in [0, 0.05) is 25.6 Å². The van der Waals surface area contributed by atoms with Gasteiger partial charge in [-0.05, 0) is 60.6 Å². The van der Waals surface area contributed by atoms with E-state index in [1.165, 1.54) is 53.7 Å². The van der Waals surface area contributed by atoms with Crippen LogP contribution < -0.4 is 14.2 Å². The van der Waals surface area contributed by atoms with Gasteiger partial charge in [-0.25, -0.2) is 0 Å². The highest BCUT2D eigenvalue weighted by molar-refractivity contribution is 8.14.